The van der Waals surface area contributed by atoms with Gasteiger partial charge in [0.05, 0.1) is 19.3 Å². The van der Waals surface area contributed by atoms with E-state index in [1.807, 2.05) is 4.90 Å². The van der Waals surface area contributed by atoms with Gasteiger partial charge in [0.15, 0.2) is 0 Å². The Kier molecular flexibility index (Phi) is 6.08. The molecule has 2 saturated heterocycles. The van der Waals surface area contributed by atoms with Crippen molar-refractivity contribution in [3.8, 4) is 0 Å². The molecule has 0 aromatic rings. The summed E-state index contributed by atoms with van der Waals surface area (Å²) >= 11 is 0. The molecule has 5 heteroatoms. The van der Waals surface area contributed by atoms with E-state index in [-0.39, 0.29) is 11.9 Å². The highest BCUT2D eigenvalue weighted by atomic mass is 16.5. The molecule has 0 N–H and O–H groups in total. The molecule has 0 aromatic carbocycles. The van der Waals surface area contributed by atoms with Crippen molar-refractivity contribution < 1.29 is 9.53 Å². The van der Waals surface area contributed by atoms with E-state index < -0.39 is 0 Å². The maximum Gasteiger partial charge on any atom is 0.239 e. The predicted molar refractivity (Wildman–Crippen MR) is 91.4 cm³/mol. The topological polar surface area (TPSA) is 36.0 Å². The lowest BCUT2D eigenvalue weighted by atomic mass is 9.94. The molecule has 2 aliphatic heterocycles. The second kappa shape index (κ2) is 8.27. The Labute approximate surface area is 140 Å². The minimum absolute atomic E-state index is 0.00728. The maximum atomic E-state index is 12.6. The number of hydrogen-bond donors (Lipinski definition) is 0. The molecule has 23 heavy (non-hydrogen) atoms. The highest BCUT2D eigenvalue weighted by Gasteiger charge is 2.29. The molecule has 2 fully saturated rings. The third-order valence-corrected chi connectivity index (χ3v) is 5.53. The molecule has 5 nitrogen and oxygen atoms in total. The zero-order chi connectivity index (χ0) is 16.1. The zero-order valence-corrected chi connectivity index (χ0v) is 14.5. The van der Waals surface area contributed by atoms with E-state index in [4.69, 9.17) is 4.74 Å². The Balaban J connectivity index is 1.42. The minimum Gasteiger partial charge on any atom is -0.378 e. The number of rotatable bonds is 4. The second-order valence-electron chi connectivity index (χ2n) is 7.10. The van der Waals surface area contributed by atoms with Crippen LogP contribution in [0.1, 0.15) is 26.2 Å². The number of nitrogens with zero attached hydrogens (tertiary/aromatic N) is 3. The van der Waals surface area contributed by atoms with Gasteiger partial charge in [0.25, 0.3) is 0 Å². The first-order valence-electron chi connectivity index (χ1n) is 9.22. The highest BCUT2D eigenvalue weighted by Crippen LogP contribution is 2.20. The van der Waals surface area contributed by atoms with Crippen LogP contribution in [0.25, 0.3) is 0 Å². The minimum atomic E-state index is 0.00728. The fraction of sp³-hybridized carbons (Fsp3) is 0.833. The fourth-order valence-corrected chi connectivity index (χ4v) is 3.92. The first kappa shape index (κ1) is 16.9. The average Bonchev–Trinajstić information content (AvgIpc) is 2.63. The molecule has 0 saturated carbocycles. The van der Waals surface area contributed by atoms with Crippen LogP contribution >= 0.6 is 0 Å². The number of amides is 1. The molecule has 0 aromatic heterocycles. The van der Waals surface area contributed by atoms with E-state index in [9.17, 15) is 4.79 Å². The predicted octanol–water partition coefficient (Wildman–Crippen LogP) is 1.21. The molecule has 2 heterocycles. The normalized spacial score (nSPS) is 28.7. The summed E-state index contributed by atoms with van der Waals surface area (Å²) in [6.07, 6.45) is 8.48. The molecule has 130 valence electrons. The molecule has 1 aliphatic carbocycles. The summed E-state index contributed by atoms with van der Waals surface area (Å²) in [6, 6.07) is 0.00728. The van der Waals surface area contributed by atoms with Crippen LogP contribution in [-0.4, -0.2) is 85.7 Å². The van der Waals surface area contributed by atoms with E-state index in [1.165, 1.54) is 25.8 Å². The summed E-state index contributed by atoms with van der Waals surface area (Å²) in [4.78, 5) is 19.5. The third kappa shape index (κ3) is 4.55. The molecule has 3 rings (SSSR count). The zero-order valence-electron chi connectivity index (χ0n) is 14.5. The third-order valence-electron chi connectivity index (χ3n) is 5.53. The van der Waals surface area contributed by atoms with Crippen molar-refractivity contribution in [2.45, 2.75) is 32.2 Å². The van der Waals surface area contributed by atoms with Gasteiger partial charge in [-0.1, -0.05) is 12.2 Å². The average molecular weight is 321 g/mol. The Morgan fingerprint density at radius 2 is 1.87 bits per heavy atom. The number of hydrogen-bond acceptors (Lipinski definition) is 4. The van der Waals surface area contributed by atoms with Crippen LogP contribution in [0.2, 0.25) is 0 Å². The van der Waals surface area contributed by atoms with Gasteiger partial charge >= 0.3 is 0 Å². The number of allylic oxidation sites excluding steroid dienone is 2. The molecule has 0 unspecified atom stereocenters. The molecular formula is C18H31N3O2. The first-order chi connectivity index (χ1) is 11.2. The maximum absolute atomic E-state index is 12.6. The van der Waals surface area contributed by atoms with Crippen LogP contribution in [-0.2, 0) is 9.53 Å². The van der Waals surface area contributed by atoms with Crippen LogP contribution < -0.4 is 0 Å². The molecular weight excluding hydrogens is 290 g/mol. The van der Waals surface area contributed by atoms with Gasteiger partial charge in [0, 0.05) is 45.8 Å². The van der Waals surface area contributed by atoms with Crippen molar-refractivity contribution in [3.05, 3.63) is 12.2 Å². The number of carbonyl (C=O) groups excluding carboxylic acids is 1. The van der Waals surface area contributed by atoms with Gasteiger partial charge in [-0.2, -0.15) is 0 Å². The van der Waals surface area contributed by atoms with Crippen LogP contribution in [0.15, 0.2) is 12.2 Å². The summed E-state index contributed by atoms with van der Waals surface area (Å²) in [7, 11) is 0. The van der Waals surface area contributed by atoms with Crippen molar-refractivity contribution in [1.29, 1.82) is 0 Å². The SMILES string of the molecule is C[C@@H](C(=O)N1CCOCC1)N1CCN(C[C@@H]2CC=CCC2)CC1. The van der Waals surface area contributed by atoms with E-state index >= 15 is 0 Å². The lowest BCUT2D eigenvalue weighted by Crippen LogP contribution is -2.56. The largest absolute Gasteiger partial charge is 0.378 e. The summed E-state index contributed by atoms with van der Waals surface area (Å²) in [6.45, 7) is 10.4. The van der Waals surface area contributed by atoms with Crippen molar-refractivity contribution >= 4 is 5.91 Å². The standard InChI is InChI=1S/C18H31N3O2/c1-16(18(22)21-11-13-23-14-12-21)20-9-7-19(8-10-20)15-17-5-3-2-4-6-17/h2-3,16-17H,4-15H2,1H3/t16-,17+/m0/s1. The lowest BCUT2D eigenvalue weighted by molar-refractivity contribution is -0.141. The highest BCUT2D eigenvalue weighted by molar-refractivity contribution is 5.81. The molecule has 1 amide bonds. The van der Waals surface area contributed by atoms with Gasteiger partial charge in [-0.3, -0.25) is 9.69 Å². The number of ether oxygens (including phenoxy) is 1. The quantitative estimate of drug-likeness (QED) is 0.729. The van der Waals surface area contributed by atoms with Crippen molar-refractivity contribution in [3.63, 3.8) is 0 Å². The molecule has 2 atom stereocenters. The smallest absolute Gasteiger partial charge is 0.239 e. The van der Waals surface area contributed by atoms with E-state index in [2.05, 4.69) is 28.9 Å². The Bertz CT molecular complexity index is 412. The molecule has 0 radical (unpaired) electrons. The second-order valence-corrected chi connectivity index (χ2v) is 7.10. The Morgan fingerprint density at radius 3 is 2.52 bits per heavy atom. The monoisotopic (exact) mass is 321 g/mol. The van der Waals surface area contributed by atoms with Gasteiger partial charge in [-0.25, -0.2) is 0 Å². The number of carbonyl (C=O) groups is 1. The van der Waals surface area contributed by atoms with Gasteiger partial charge in [-0.05, 0) is 32.1 Å². The van der Waals surface area contributed by atoms with Crippen LogP contribution in [0, 0.1) is 5.92 Å². The van der Waals surface area contributed by atoms with Gasteiger partial charge in [0.1, 0.15) is 0 Å². The van der Waals surface area contributed by atoms with E-state index in [1.54, 1.807) is 0 Å². The van der Waals surface area contributed by atoms with Gasteiger partial charge in [-0.15, -0.1) is 0 Å². The number of morpholine rings is 1. The molecule has 0 spiro atoms. The lowest BCUT2D eigenvalue weighted by Gasteiger charge is -2.40. The van der Waals surface area contributed by atoms with Crippen molar-refractivity contribution in [2.24, 2.45) is 5.92 Å². The van der Waals surface area contributed by atoms with Crippen LogP contribution in [0.5, 0.6) is 0 Å². The fourth-order valence-electron chi connectivity index (χ4n) is 3.92. The summed E-state index contributed by atoms with van der Waals surface area (Å²) in [5.41, 5.74) is 0. The summed E-state index contributed by atoms with van der Waals surface area (Å²) < 4.78 is 5.34. The number of piperazine rings is 1. The van der Waals surface area contributed by atoms with E-state index in [0.717, 1.165) is 45.2 Å². The Morgan fingerprint density at radius 1 is 1.13 bits per heavy atom. The molecule has 0 bridgehead atoms. The van der Waals surface area contributed by atoms with Gasteiger partial charge < -0.3 is 14.5 Å². The Hall–Kier alpha value is -0.910. The van der Waals surface area contributed by atoms with Crippen molar-refractivity contribution in [2.75, 3.05) is 59.0 Å². The molecule has 3 aliphatic rings. The van der Waals surface area contributed by atoms with Crippen molar-refractivity contribution in [1.82, 2.24) is 14.7 Å². The van der Waals surface area contributed by atoms with Crippen LogP contribution in [0.3, 0.4) is 0 Å². The van der Waals surface area contributed by atoms with E-state index in [0.29, 0.717) is 13.2 Å². The summed E-state index contributed by atoms with van der Waals surface area (Å²) in [5.74, 6) is 1.11. The summed E-state index contributed by atoms with van der Waals surface area (Å²) in [5, 5.41) is 0. The van der Waals surface area contributed by atoms with Crippen LogP contribution in [0.4, 0.5) is 0 Å². The first-order valence-corrected chi connectivity index (χ1v) is 9.22. The van der Waals surface area contributed by atoms with Gasteiger partial charge in [0.2, 0.25) is 5.91 Å².